The predicted molar refractivity (Wildman–Crippen MR) is 62.6 cm³/mol. The number of hydrogen-bond donors (Lipinski definition) is 2. The summed E-state index contributed by atoms with van der Waals surface area (Å²) in [4.78, 5) is 21.4. The molecule has 0 saturated carbocycles. The van der Waals surface area contributed by atoms with Crippen LogP contribution in [-0.2, 0) is 20.4 Å². The Morgan fingerprint density at radius 1 is 1.38 bits per heavy atom. The van der Waals surface area contributed by atoms with Gasteiger partial charge in [0.05, 0.1) is 0 Å². The first-order valence-corrected chi connectivity index (χ1v) is 6.86. The lowest BCUT2D eigenvalue weighted by molar-refractivity contribution is -0.137. The number of rotatable bonds is 8. The van der Waals surface area contributed by atoms with Gasteiger partial charge < -0.3 is 10.4 Å². The van der Waals surface area contributed by atoms with E-state index in [1.807, 2.05) is 6.92 Å². The molecule has 2 N–H and O–H groups in total. The van der Waals surface area contributed by atoms with Crippen LogP contribution in [0.1, 0.15) is 32.6 Å². The number of hydrogen-bond acceptors (Lipinski definition) is 3. The molecule has 0 heterocycles. The Bertz CT molecular complexity index is 268. The van der Waals surface area contributed by atoms with Crippen LogP contribution in [0.3, 0.4) is 0 Å². The zero-order chi connectivity index (χ0) is 12.6. The van der Waals surface area contributed by atoms with Crippen molar-refractivity contribution >= 4 is 22.7 Å². The molecule has 2 atom stereocenters. The number of carbonyl (C=O) groups excluding carboxylic acids is 1. The van der Waals surface area contributed by atoms with Gasteiger partial charge in [-0.3, -0.25) is 13.8 Å². The zero-order valence-electron chi connectivity index (χ0n) is 9.69. The molecule has 0 spiro atoms. The quantitative estimate of drug-likeness (QED) is 0.656. The molecule has 0 radical (unpaired) electrons. The number of carbonyl (C=O) groups is 2. The van der Waals surface area contributed by atoms with Crippen LogP contribution in [0.25, 0.3) is 0 Å². The number of aliphatic carboxylic acids is 1. The maximum atomic E-state index is 11.2. The highest BCUT2D eigenvalue weighted by atomic mass is 32.2. The minimum absolute atomic E-state index is 0.0167. The van der Waals surface area contributed by atoms with Crippen molar-refractivity contribution in [3.8, 4) is 0 Å². The molecular formula is C10H19NO4S. The third-order valence-corrected chi connectivity index (χ3v) is 3.60. The van der Waals surface area contributed by atoms with E-state index in [1.165, 1.54) is 0 Å². The molecule has 5 nitrogen and oxygen atoms in total. The fourth-order valence-electron chi connectivity index (χ4n) is 1.07. The van der Waals surface area contributed by atoms with Crippen LogP contribution in [0.2, 0.25) is 0 Å². The van der Waals surface area contributed by atoms with Crippen LogP contribution in [0.5, 0.6) is 0 Å². The summed E-state index contributed by atoms with van der Waals surface area (Å²) < 4.78 is 11.0. The summed E-state index contributed by atoms with van der Waals surface area (Å²) in [6.07, 6.45) is 2.92. The van der Waals surface area contributed by atoms with Crippen LogP contribution < -0.4 is 5.32 Å². The Balaban J connectivity index is 3.51. The number of nitrogens with one attached hydrogen (secondary N) is 1. The van der Waals surface area contributed by atoms with E-state index in [2.05, 4.69) is 5.32 Å². The van der Waals surface area contributed by atoms with Crippen molar-refractivity contribution in [3.05, 3.63) is 0 Å². The maximum absolute atomic E-state index is 11.2. The van der Waals surface area contributed by atoms with Gasteiger partial charge in [0, 0.05) is 41.7 Å². The Hall–Kier alpha value is -0.910. The van der Waals surface area contributed by atoms with Gasteiger partial charge in [0.15, 0.2) is 0 Å². The van der Waals surface area contributed by atoms with Crippen molar-refractivity contribution in [3.63, 3.8) is 0 Å². The smallest absolute Gasteiger partial charge is 0.303 e. The lowest BCUT2D eigenvalue weighted by Crippen LogP contribution is -2.27. The van der Waals surface area contributed by atoms with Crippen LogP contribution in [-0.4, -0.2) is 39.2 Å². The van der Waals surface area contributed by atoms with Crippen molar-refractivity contribution < 1.29 is 18.9 Å². The van der Waals surface area contributed by atoms with Crippen LogP contribution in [0.4, 0.5) is 0 Å². The van der Waals surface area contributed by atoms with E-state index in [-0.39, 0.29) is 24.0 Å². The van der Waals surface area contributed by atoms with Crippen molar-refractivity contribution in [2.24, 2.45) is 0 Å². The van der Waals surface area contributed by atoms with Gasteiger partial charge in [-0.2, -0.15) is 0 Å². The van der Waals surface area contributed by atoms with Gasteiger partial charge in [0.25, 0.3) is 0 Å². The molecule has 1 amide bonds. The van der Waals surface area contributed by atoms with Crippen molar-refractivity contribution in [1.82, 2.24) is 5.32 Å². The van der Waals surface area contributed by atoms with Crippen molar-refractivity contribution in [1.29, 1.82) is 0 Å². The number of carboxylic acids is 1. The van der Waals surface area contributed by atoms with Crippen molar-refractivity contribution in [2.45, 2.75) is 37.9 Å². The van der Waals surface area contributed by atoms with E-state index < -0.39 is 16.8 Å². The van der Waals surface area contributed by atoms with Gasteiger partial charge in [-0.1, -0.05) is 6.92 Å². The van der Waals surface area contributed by atoms with Gasteiger partial charge in [0.1, 0.15) is 0 Å². The first-order valence-electron chi connectivity index (χ1n) is 5.24. The van der Waals surface area contributed by atoms with E-state index in [0.29, 0.717) is 19.4 Å². The molecule has 0 aromatic carbocycles. The fourth-order valence-corrected chi connectivity index (χ4v) is 1.52. The lowest BCUT2D eigenvalue weighted by atomic mass is 10.2. The highest BCUT2D eigenvalue weighted by Crippen LogP contribution is 1.98. The molecule has 0 saturated heterocycles. The summed E-state index contributed by atoms with van der Waals surface area (Å²) in [5, 5.41) is 11.1. The first kappa shape index (κ1) is 15.1. The zero-order valence-corrected chi connectivity index (χ0v) is 10.5. The molecule has 94 valence electrons. The summed E-state index contributed by atoms with van der Waals surface area (Å²) in [6.45, 7) is 2.36. The minimum Gasteiger partial charge on any atom is -0.481 e. The van der Waals surface area contributed by atoms with Crippen LogP contribution in [0, 0.1) is 0 Å². The molecular weight excluding hydrogens is 230 g/mol. The van der Waals surface area contributed by atoms with Gasteiger partial charge in [0.2, 0.25) is 5.91 Å². The standard InChI is InChI=1S/C10H19NO4S/c1-8(16(2)15)6-7-11-9(12)4-3-5-10(13)14/h8H,3-7H2,1-2H3,(H,11,12)(H,13,14). The second kappa shape index (κ2) is 8.27. The SMILES string of the molecule is CC(CCNC(=O)CCCC(=O)O)S(C)=O. The Morgan fingerprint density at radius 2 is 2.00 bits per heavy atom. The molecule has 0 aromatic rings. The van der Waals surface area contributed by atoms with Crippen molar-refractivity contribution in [2.75, 3.05) is 12.8 Å². The average molecular weight is 249 g/mol. The Labute approximate surface area is 98.1 Å². The Morgan fingerprint density at radius 3 is 2.50 bits per heavy atom. The molecule has 6 heteroatoms. The summed E-state index contributed by atoms with van der Waals surface area (Å²) >= 11 is 0. The maximum Gasteiger partial charge on any atom is 0.303 e. The van der Waals surface area contributed by atoms with E-state index in [4.69, 9.17) is 5.11 Å². The number of amides is 1. The molecule has 0 aliphatic rings. The van der Waals surface area contributed by atoms with E-state index >= 15 is 0 Å². The highest BCUT2D eigenvalue weighted by molar-refractivity contribution is 7.84. The lowest BCUT2D eigenvalue weighted by Gasteiger charge is -2.08. The van der Waals surface area contributed by atoms with Gasteiger partial charge in [-0.15, -0.1) is 0 Å². The largest absolute Gasteiger partial charge is 0.481 e. The normalized spacial score (nSPS) is 14.1. The molecule has 0 aliphatic heterocycles. The molecule has 0 fully saturated rings. The highest BCUT2D eigenvalue weighted by Gasteiger charge is 2.07. The summed E-state index contributed by atoms with van der Waals surface area (Å²) in [5.74, 6) is -1.03. The topological polar surface area (TPSA) is 83.5 Å². The number of carboxylic acid groups (broad SMARTS) is 1. The summed E-state index contributed by atoms with van der Waals surface area (Å²) in [6, 6.07) is 0. The summed E-state index contributed by atoms with van der Waals surface area (Å²) in [7, 11) is -0.866. The molecule has 2 unspecified atom stereocenters. The monoisotopic (exact) mass is 249 g/mol. The first-order chi connectivity index (χ1) is 7.43. The molecule has 0 aromatic heterocycles. The summed E-state index contributed by atoms with van der Waals surface area (Å²) in [5.41, 5.74) is 0. The van der Waals surface area contributed by atoms with E-state index in [0.717, 1.165) is 0 Å². The van der Waals surface area contributed by atoms with Crippen LogP contribution >= 0.6 is 0 Å². The second-order valence-electron chi connectivity index (χ2n) is 3.70. The fraction of sp³-hybridized carbons (Fsp3) is 0.800. The van der Waals surface area contributed by atoms with E-state index in [9.17, 15) is 13.8 Å². The average Bonchev–Trinajstić information content (AvgIpc) is 2.16. The third-order valence-electron chi connectivity index (χ3n) is 2.23. The Kier molecular flexibility index (Phi) is 7.80. The van der Waals surface area contributed by atoms with Gasteiger partial charge in [-0.05, 0) is 12.8 Å². The molecule has 16 heavy (non-hydrogen) atoms. The van der Waals surface area contributed by atoms with Crippen LogP contribution in [0.15, 0.2) is 0 Å². The predicted octanol–water partition coefficient (Wildman–Crippen LogP) is 0.515. The van der Waals surface area contributed by atoms with Gasteiger partial charge in [-0.25, -0.2) is 0 Å². The third kappa shape index (κ3) is 8.40. The second-order valence-corrected chi connectivity index (χ2v) is 5.50. The minimum atomic E-state index is -0.886. The molecule has 0 bridgehead atoms. The molecule has 0 rings (SSSR count). The van der Waals surface area contributed by atoms with Gasteiger partial charge >= 0.3 is 5.97 Å². The van der Waals surface area contributed by atoms with E-state index in [1.54, 1.807) is 6.26 Å². The molecule has 0 aliphatic carbocycles.